The number of benzene rings is 2. The first-order valence-corrected chi connectivity index (χ1v) is 13.6. The lowest BCUT2D eigenvalue weighted by Crippen LogP contribution is -2.39. The molecule has 0 spiro atoms. The maximum Gasteiger partial charge on any atom is 0.185 e. The number of ether oxygens (including phenoxy) is 2. The van der Waals surface area contributed by atoms with E-state index < -0.39 is 15.1 Å². The normalized spacial score (nSPS) is 15.0. The molecule has 33 heavy (non-hydrogen) atoms. The summed E-state index contributed by atoms with van der Waals surface area (Å²) in [6.07, 6.45) is 1.70. The summed E-state index contributed by atoms with van der Waals surface area (Å²) in [5.41, 5.74) is 2.00. The molecule has 0 bridgehead atoms. The van der Waals surface area contributed by atoms with E-state index in [0.29, 0.717) is 42.4 Å². The minimum Gasteiger partial charge on any atom is -0.497 e. The van der Waals surface area contributed by atoms with Gasteiger partial charge in [-0.2, -0.15) is 0 Å². The highest BCUT2D eigenvalue weighted by molar-refractivity contribution is 7.92. The van der Waals surface area contributed by atoms with Gasteiger partial charge in [-0.15, -0.1) is 11.3 Å². The van der Waals surface area contributed by atoms with Crippen molar-refractivity contribution in [1.82, 2.24) is 4.98 Å². The van der Waals surface area contributed by atoms with Gasteiger partial charge >= 0.3 is 0 Å². The van der Waals surface area contributed by atoms with E-state index >= 15 is 0 Å². The predicted octanol–water partition coefficient (Wildman–Crippen LogP) is 5.50. The van der Waals surface area contributed by atoms with Crippen molar-refractivity contribution < 1.29 is 17.9 Å². The van der Waals surface area contributed by atoms with Crippen molar-refractivity contribution in [2.24, 2.45) is 0 Å². The lowest BCUT2D eigenvalue weighted by molar-refractivity contribution is 0.393. The first-order valence-electron chi connectivity index (χ1n) is 10.4. The number of halogens is 2. The van der Waals surface area contributed by atoms with Crippen LogP contribution in [0.1, 0.15) is 24.1 Å². The quantitative estimate of drug-likeness (QED) is 0.404. The van der Waals surface area contributed by atoms with Crippen LogP contribution in [0.25, 0.3) is 0 Å². The molecule has 1 saturated heterocycles. The summed E-state index contributed by atoms with van der Waals surface area (Å²) in [5, 5.41) is 3.12. The van der Waals surface area contributed by atoms with Crippen molar-refractivity contribution in [1.29, 1.82) is 0 Å². The molecule has 1 fully saturated rings. The fourth-order valence-electron chi connectivity index (χ4n) is 3.94. The van der Waals surface area contributed by atoms with Crippen LogP contribution >= 0.6 is 34.5 Å². The molecule has 0 atom stereocenters. The average Bonchev–Trinajstić information content (AvgIpc) is 3.26. The van der Waals surface area contributed by atoms with Gasteiger partial charge in [-0.25, -0.2) is 13.4 Å². The number of rotatable bonds is 7. The van der Waals surface area contributed by atoms with E-state index in [0.717, 1.165) is 27.9 Å². The molecule has 0 unspecified atom stereocenters. The summed E-state index contributed by atoms with van der Waals surface area (Å²) in [7, 11) is -0.239. The second kappa shape index (κ2) is 10.1. The van der Waals surface area contributed by atoms with E-state index in [2.05, 4.69) is 4.90 Å². The summed E-state index contributed by atoms with van der Waals surface area (Å²) in [4.78, 5) is 7.12. The Labute approximate surface area is 208 Å². The average molecular weight is 527 g/mol. The van der Waals surface area contributed by atoms with Crippen LogP contribution in [0.4, 0.5) is 5.13 Å². The Balaban J connectivity index is 1.42. The number of thiazole rings is 1. The van der Waals surface area contributed by atoms with Crippen molar-refractivity contribution in [2.45, 2.75) is 29.4 Å². The zero-order chi connectivity index (χ0) is 23.6. The molecule has 0 aliphatic carbocycles. The topological polar surface area (TPSA) is 68.7 Å². The molecule has 1 aromatic heterocycles. The van der Waals surface area contributed by atoms with Crippen LogP contribution in [0.3, 0.4) is 0 Å². The van der Waals surface area contributed by atoms with Crippen molar-refractivity contribution >= 4 is 49.5 Å². The maximum absolute atomic E-state index is 13.1. The molecule has 4 rings (SSSR count). The first-order chi connectivity index (χ1) is 15.8. The van der Waals surface area contributed by atoms with Gasteiger partial charge in [-0.3, -0.25) is 0 Å². The monoisotopic (exact) mass is 526 g/mol. The Morgan fingerprint density at radius 1 is 1.00 bits per heavy atom. The van der Waals surface area contributed by atoms with Crippen molar-refractivity contribution in [2.75, 3.05) is 32.2 Å². The molecule has 1 aliphatic heterocycles. The van der Waals surface area contributed by atoms with Crippen LogP contribution in [-0.4, -0.2) is 46.0 Å². The smallest absolute Gasteiger partial charge is 0.185 e. The zero-order valence-electron chi connectivity index (χ0n) is 18.3. The predicted molar refractivity (Wildman–Crippen MR) is 133 cm³/mol. The van der Waals surface area contributed by atoms with E-state index in [1.807, 2.05) is 23.6 Å². The van der Waals surface area contributed by atoms with E-state index in [-0.39, 0.29) is 4.90 Å². The van der Waals surface area contributed by atoms with Crippen LogP contribution in [0, 0.1) is 0 Å². The third-order valence-electron chi connectivity index (χ3n) is 5.65. The summed E-state index contributed by atoms with van der Waals surface area (Å²) >= 11 is 13.6. The molecule has 6 nitrogen and oxygen atoms in total. The fourth-order valence-corrected chi connectivity index (χ4v) is 7.28. The number of sulfone groups is 1. The number of aromatic nitrogens is 1. The number of hydrogen-bond donors (Lipinski definition) is 0. The Morgan fingerprint density at radius 3 is 2.18 bits per heavy atom. The van der Waals surface area contributed by atoms with Crippen molar-refractivity contribution in [3.63, 3.8) is 0 Å². The minimum absolute atomic E-state index is 0.184. The third-order valence-corrected chi connectivity index (χ3v) is 9.28. The minimum atomic E-state index is -3.50. The van der Waals surface area contributed by atoms with Gasteiger partial charge in [0.1, 0.15) is 11.5 Å². The van der Waals surface area contributed by atoms with Gasteiger partial charge in [-0.1, -0.05) is 23.2 Å². The molecule has 0 radical (unpaired) electrons. The Morgan fingerprint density at radius 2 is 1.61 bits per heavy atom. The standard InChI is InChI=1S/C23H24Cl2N2O4S2/c1-30-19-8-15(9-20(13-19)31-2)7-18-14-32-23(26-18)27-5-3-21(4-6-27)33(28,29)22-11-16(24)10-17(25)12-22/h8-14,21H,3-7H2,1-2H3. The molecule has 0 saturated carbocycles. The highest BCUT2D eigenvalue weighted by Crippen LogP contribution is 2.32. The number of piperidine rings is 1. The molecule has 176 valence electrons. The second-order valence-corrected chi connectivity index (χ2v) is 11.8. The molecule has 3 aromatic rings. The zero-order valence-corrected chi connectivity index (χ0v) is 21.4. The largest absolute Gasteiger partial charge is 0.497 e. The molecular formula is C23H24Cl2N2O4S2. The highest BCUT2D eigenvalue weighted by Gasteiger charge is 2.32. The van der Waals surface area contributed by atoms with Crippen molar-refractivity contribution in [3.8, 4) is 11.5 Å². The van der Waals surface area contributed by atoms with Gasteiger partial charge in [0.05, 0.1) is 30.1 Å². The van der Waals surface area contributed by atoms with E-state index in [9.17, 15) is 8.42 Å². The Hall–Kier alpha value is -2.00. The van der Waals surface area contributed by atoms with Gasteiger partial charge in [0.2, 0.25) is 0 Å². The van der Waals surface area contributed by atoms with Gasteiger partial charge in [0, 0.05) is 41.0 Å². The Kier molecular flexibility index (Phi) is 7.38. The number of hydrogen-bond acceptors (Lipinski definition) is 7. The molecule has 10 heteroatoms. The summed E-state index contributed by atoms with van der Waals surface area (Å²) in [6.45, 7) is 1.25. The molecule has 2 heterocycles. The van der Waals surface area contributed by atoms with Gasteiger partial charge in [0.15, 0.2) is 15.0 Å². The van der Waals surface area contributed by atoms with Gasteiger partial charge in [0.25, 0.3) is 0 Å². The van der Waals surface area contributed by atoms with Crippen molar-refractivity contribution in [3.05, 3.63) is 63.1 Å². The van der Waals surface area contributed by atoms with Crippen LogP contribution in [-0.2, 0) is 16.3 Å². The fraction of sp³-hybridized carbons (Fsp3) is 0.348. The van der Waals surface area contributed by atoms with Crippen LogP contribution in [0.5, 0.6) is 11.5 Å². The van der Waals surface area contributed by atoms with Crippen LogP contribution in [0.15, 0.2) is 46.7 Å². The van der Waals surface area contributed by atoms with Gasteiger partial charge < -0.3 is 14.4 Å². The second-order valence-electron chi connectivity index (χ2n) is 7.86. The lowest BCUT2D eigenvalue weighted by atomic mass is 10.1. The molecule has 0 amide bonds. The van der Waals surface area contributed by atoms with Crippen LogP contribution < -0.4 is 14.4 Å². The number of nitrogens with zero attached hydrogens (tertiary/aromatic N) is 2. The number of methoxy groups -OCH3 is 2. The molecule has 1 aliphatic rings. The third kappa shape index (κ3) is 5.57. The molecule has 0 N–H and O–H groups in total. The van der Waals surface area contributed by atoms with E-state index in [4.69, 9.17) is 37.7 Å². The maximum atomic E-state index is 13.1. The summed E-state index contributed by atoms with van der Waals surface area (Å²) in [6, 6.07) is 10.3. The SMILES string of the molecule is COc1cc(Cc2csc(N3CCC(S(=O)(=O)c4cc(Cl)cc(Cl)c4)CC3)n2)cc(OC)c1. The molecule has 2 aromatic carbocycles. The van der Waals surface area contributed by atoms with E-state index in [1.165, 1.54) is 18.2 Å². The lowest BCUT2D eigenvalue weighted by Gasteiger charge is -2.31. The summed E-state index contributed by atoms with van der Waals surface area (Å²) in [5.74, 6) is 1.48. The summed E-state index contributed by atoms with van der Waals surface area (Å²) < 4.78 is 36.9. The molecular weight excluding hydrogens is 503 g/mol. The highest BCUT2D eigenvalue weighted by atomic mass is 35.5. The van der Waals surface area contributed by atoms with E-state index in [1.54, 1.807) is 25.6 Å². The Bertz CT molecular complexity index is 1200. The first kappa shape index (κ1) is 24.1. The number of anilines is 1. The van der Waals surface area contributed by atoms with Gasteiger partial charge in [-0.05, 0) is 48.7 Å². The van der Waals surface area contributed by atoms with Crippen LogP contribution in [0.2, 0.25) is 10.0 Å².